The monoisotopic (exact) mass is 476 g/mol. The molecule has 2 amide bonds. The molecule has 1 aliphatic heterocycles. The highest BCUT2D eigenvalue weighted by molar-refractivity contribution is 6.31. The summed E-state index contributed by atoms with van der Waals surface area (Å²) in [6.45, 7) is 3.39. The van der Waals surface area contributed by atoms with Crippen molar-refractivity contribution in [1.29, 1.82) is 0 Å². The largest absolute Gasteiger partial charge is 0.480 e. The number of anilines is 1. The zero-order valence-electron chi connectivity index (χ0n) is 18.9. The van der Waals surface area contributed by atoms with E-state index in [1.165, 1.54) is 11.8 Å². The number of hydrogen-bond acceptors (Lipinski definition) is 3. The molecule has 0 aromatic heterocycles. The SMILES string of the molecule is CC(=O)Nc1cccc(-c2ccc(C(=O)N3[C@@H](c4ccccc4Cl)CC[C@H]3C(=O)O)cc2)c1C. The van der Waals surface area contributed by atoms with Crippen molar-refractivity contribution in [3.63, 3.8) is 0 Å². The summed E-state index contributed by atoms with van der Waals surface area (Å²) >= 11 is 6.38. The first-order valence-corrected chi connectivity index (χ1v) is 11.4. The van der Waals surface area contributed by atoms with Gasteiger partial charge in [0.15, 0.2) is 0 Å². The van der Waals surface area contributed by atoms with Crippen LogP contribution in [0.3, 0.4) is 0 Å². The maximum atomic E-state index is 13.5. The van der Waals surface area contributed by atoms with E-state index in [9.17, 15) is 19.5 Å². The van der Waals surface area contributed by atoms with Crippen LogP contribution in [0.2, 0.25) is 5.02 Å². The predicted molar refractivity (Wildman–Crippen MR) is 132 cm³/mol. The van der Waals surface area contributed by atoms with E-state index in [4.69, 9.17) is 11.6 Å². The molecule has 1 heterocycles. The number of hydrogen-bond donors (Lipinski definition) is 2. The fourth-order valence-corrected chi connectivity index (χ4v) is 4.86. The molecular formula is C27H25ClN2O4. The topological polar surface area (TPSA) is 86.7 Å². The second-order valence-corrected chi connectivity index (χ2v) is 8.82. The van der Waals surface area contributed by atoms with E-state index in [0.29, 0.717) is 23.4 Å². The molecule has 3 aromatic carbocycles. The van der Waals surface area contributed by atoms with Gasteiger partial charge in [-0.05, 0) is 66.3 Å². The van der Waals surface area contributed by atoms with Crippen LogP contribution in [0, 0.1) is 6.92 Å². The number of halogens is 1. The number of amides is 2. The Morgan fingerprint density at radius 3 is 2.32 bits per heavy atom. The Bertz CT molecular complexity index is 1260. The summed E-state index contributed by atoms with van der Waals surface area (Å²) in [5.41, 5.74) is 4.63. The maximum absolute atomic E-state index is 13.5. The quantitative estimate of drug-likeness (QED) is 0.494. The number of carbonyl (C=O) groups is 3. The molecule has 1 aliphatic rings. The molecule has 2 atom stereocenters. The molecule has 0 aliphatic carbocycles. The second kappa shape index (κ2) is 9.69. The number of nitrogens with one attached hydrogen (secondary N) is 1. The smallest absolute Gasteiger partial charge is 0.326 e. The molecule has 0 unspecified atom stereocenters. The molecule has 0 bridgehead atoms. The molecule has 6 nitrogen and oxygen atoms in total. The van der Waals surface area contributed by atoms with Gasteiger partial charge in [-0.3, -0.25) is 9.59 Å². The van der Waals surface area contributed by atoms with Crippen LogP contribution in [0.1, 0.15) is 47.3 Å². The fourth-order valence-electron chi connectivity index (χ4n) is 4.60. The molecule has 1 fully saturated rings. The van der Waals surface area contributed by atoms with E-state index in [-0.39, 0.29) is 11.8 Å². The van der Waals surface area contributed by atoms with Gasteiger partial charge in [0.1, 0.15) is 6.04 Å². The molecular weight excluding hydrogens is 452 g/mol. The lowest BCUT2D eigenvalue weighted by atomic mass is 9.97. The lowest BCUT2D eigenvalue weighted by molar-refractivity contribution is -0.141. The van der Waals surface area contributed by atoms with Crippen molar-refractivity contribution in [1.82, 2.24) is 4.90 Å². The van der Waals surface area contributed by atoms with Crippen LogP contribution >= 0.6 is 11.6 Å². The number of carboxylic acid groups (broad SMARTS) is 1. The van der Waals surface area contributed by atoms with Crippen LogP contribution < -0.4 is 5.32 Å². The van der Waals surface area contributed by atoms with Gasteiger partial charge in [0.25, 0.3) is 5.91 Å². The van der Waals surface area contributed by atoms with Crippen molar-refractivity contribution in [2.45, 2.75) is 38.8 Å². The molecule has 2 N–H and O–H groups in total. The first-order chi connectivity index (χ1) is 16.3. The number of carboxylic acids is 1. The number of rotatable bonds is 5. The number of benzene rings is 3. The lowest BCUT2D eigenvalue weighted by Crippen LogP contribution is -2.41. The van der Waals surface area contributed by atoms with Gasteiger partial charge in [0.05, 0.1) is 6.04 Å². The van der Waals surface area contributed by atoms with Crippen LogP contribution in [0.4, 0.5) is 5.69 Å². The normalized spacial score (nSPS) is 17.4. The summed E-state index contributed by atoms with van der Waals surface area (Å²) in [7, 11) is 0. The van der Waals surface area contributed by atoms with Crippen LogP contribution in [0.15, 0.2) is 66.7 Å². The minimum Gasteiger partial charge on any atom is -0.480 e. The van der Waals surface area contributed by atoms with Crippen molar-refractivity contribution < 1.29 is 19.5 Å². The maximum Gasteiger partial charge on any atom is 0.326 e. The molecule has 7 heteroatoms. The molecule has 1 saturated heterocycles. The number of likely N-dealkylation sites (tertiary alicyclic amines) is 1. The van der Waals surface area contributed by atoms with Crippen molar-refractivity contribution in [2.24, 2.45) is 0 Å². The summed E-state index contributed by atoms with van der Waals surface area (Å²) < 4.78 is 0. The molecule has 0 spiro atoms. The minimum atomic E-state index is -1.02. The minimum absolute atomic E-state index is 0.145. The number of carbonyl (C=O) groups excluding carboxylic acids is 2. The molecule has 0 radical (unpaired) electrons. The predicted octanol–water partition coefficient (Wildman–Crippen LogP) is 5.70. The van der Waals surface area contributed by atoms with E-state index < -0.39 is 18.1 Å². The third-order valence-corrected chi connectivity index (χ3v) is 6.60. The van der Waals surface area contributed by atoms with Gasteiger partial charge in [0, 0.05) is 23.2 Å². The highest BCUT2D eigenvalue weighted by atomic mass is 35.5. The van der Waals surface area contributed by atoms with E-state index in [2.05, 4.69) is 5.32 Å². The number of aliphatic carboxylic acids is 1. The third-order valence-electron chi connectivity index (χ3n) is 6.26. The van der Waals surface area contributed by atoms with Gasteiger partial charge >= 0.3 is 5.97 Å². The Hall–Kier alpha value is -3.64. The zero-order valence-corrected chi connectivity index (χ0v) is 19.7. The van der Waals surface area contributed by atoms with Gasteiger partial charge in [-0.15, -0.1) is 0 Å². The Morgan fingerprint density at radius 1 is 0.971 bits per heavy atom. The highest BCUT2D eigenvalue weighted by Crippen LogP contribution is 2.40. The van der Waals surface area contributed by atoms with Crippen molar-refractivity contribution in [2.75, 3.05) is 5.32 Å². The van der Waals surface area contributed by atoms with Gasteiger partial charge < -0.3 is 15.3 Å². The lowest BCUT2D eigenvalue weighted by Gasteiger charge is -2.29. The standard InChI is InChI=1S/C27H25ClN2O4/c1-16-20(7-5-9-23(16)29-17(2)31)18-10-12-19(13-11-18)26(32)30-24(14-15-25(30)27(33)34)21-6-3-4-8-22(21)28/h3-13,24-25H,14-15H2,1-2H3,(H,29,31)(H,33,34)/t24-,25+/m1/s1. The fraction of sp³-hybridized carbons (Fsp3) is 0.222. The Kier molecular flexibility index (Phi) is 6.70. The molecule has 3 aromatic rings. The van der Waals surface area contributed by atoms with Crippen molar-refractivity contribution in [3.8, 4) is 11.1 Å². The first kappa shape index (κ1) is 23.5. The van der Waals surface area contributed by atoms with Gasteiger partial charge in [0.2, 0.25) is 5.91 Å². The van der Waals surface area contributed by atoms with E-state index in [1.807, 2.05) is 55.5 Å². The van der Waals surface area contributed by atoms with Crippen molar-refractivity contribution in [3.05, 3.63) is 88.4 Å². The summed E-state index contributed by atoms with van der Waals surface area (Å²) in [6.07, 6.45) is 0.893. The van der Waals surface area contributed by atoms with E-state index >= 15 is 0 Å². The molecule has 174 valence electrons. The highest BCUT2D eigenvalue weighted by Gasteiger charge is 2.42. The van der Waals surface area contributed by atoms with Crippen LogP contribution in [-0.4, -0.2) is 33.8 Å². The molecule has 4 rings (SSSR count). The van der Waals surface area contributed by atoms with E-state index in [1.54, 1.807) is 18.2 Å². The number of nitrogens with zero attached hydrogens (tertiary/aromatic N) is 1. The van der Waals surface area contributed by atoms with Gasteiger partial charge in [-0.25, -0.2) is 4.79 Å². The van der Waals surface area contributed by atoms with Crippen LogP contribution in [-0.2, 0) is 9.59 Å². The third kappa shape index (κ3) is 4.54. The summed E-state index contributed by atoms with van der Waals surface area (Å²) in [5.74, 6) is -1.51. The Labute approximate surface area is 203 Å². The zero-order chi connectivity index (χ0) is 24.4. The summed E-state index contributed by atoms with van der Waals surface area (Å²) in [4.78, 5) is 38.4. The average molecular weight is 477 g/mol. The average Bonchev–Trinajstić information content (AvgIpc) is 3.25. The molecule has 34 heavy (non-hydrogen) atoms. The summed E-state index contributed by atoms with van der Waals surface area (Å²) in [6, 6.07) is 18.7. The van der Waals surface area contributed by atoms with E-state index in [0.717, 1.165) is 27.9 Å². The summed E-state index contributed by atoms with van der Waals surface area (Å²) in [5, 5.41) is 13.1. The molecule has 0 saturated carbocycles. The Balaban J connectivity index is 1.65. The first-order valence-electron chi connectivity index (χ1n) is 11.1. The Morgan fingerprint density at radius 2 is 1.68 bits per heavy atom. The van der Waals surface area contributed by atoms with Gasteiger partial charge in [-0.2, -0.15) is 0 Å². The van der Waals surface area contributed by atoms with Crippen LogP contribution in [0.25, 0.3) is 11.1 Å². The second-order valence-electron chi connectivity index (χ2n) is 8.42. The van der Waals surface area contributed by atoms with Gasteiger partial charge in [-0.1, -0.05) is 54.1 Å². The van der Waals surface area contributed by atoms with Crippen molar-refractivity contribution >= 4 is 35.1 Å². The van der Waals surface area contributed by atoms with Crippen LogP contribution in [0.5, 0.6) is 0 Å².